The quantitative estimate of drug-likeness (QED) is 0.127. The van der Waals surface area contributed by atoms with Crippen LogP contribution in [-0.2, 0) is 0 Å². The molecule has 2 heterocycles. The lowest BCUT2D eigenvalue weighted by atomic mass is 10.1. The molecule has 12 rings (SSSR count). The highest BCUT2D eigenvalue weighted by Gasteiger charge is 2.19. The third kappa shape index (κ3) is 7.78. The second kappa shape index (κ2) is 18.6. The molecule has 0 saturated carbocycles. The van der Waals surface area contributed by atoms with Crippen LogP contribution in [-0.4, -0.2) is 9.13 Å². The second-order valence-corrected chi connectivity index (χ2v) is 16.6. The van der Waals surface area contributed by atoms with E-state index >= 15 is 0 Å². The van der Waals surface area contributed by atoms with E-state index in [4.69, 9.17) is 0 Å². The zero-order valence-corrected chi connectivity index (χ0v) is 38.2. The average molecular weight is 875 g/mol. The molecule has 4 heteroatoms. The predicted molar refractivity (Wildman–Crippen MR) is 291 cm³/mol. The van der Waals surface area contributed by atoms with Gasteiger partial charge in [0.15, 0.2) is 0 Å². The van der Waals surface area contributed by atoms with Crippen molar-refractivity contribution in [1.29, 1.82) is 0 Å². The van der Waals surface area contributed by atoms with Crippen LogP contribution in [0.5, 0.6) is 0 Å². The maximum absolute atomic E-state index is 2.36. The van der Waals surface area contributed by atoms with Gasteiger partial charge >= 0.3 is 0 Å². The van der Waals surface area contributed by atoms with E-state index in [2.05, 4.69) is 286 Å². The van der Waals surface area contributed by atoms with Gasteiger partial charge in [0, 0.05) is 67.0 Å². The van der Waals surface area contributed by atoms with E-state index in [0.717, 1.165) is 56.6 Å². The first-order valence-corrected chi connectivity index (χ1v) is 23.5. The first-order valence-electron chi connectivity index (χ1n) is 23.5. The summed E-state index contributed by atoms with van der Waals surface area (Å²) < 4.78 is 4.73. The maximum atomic E-state index is 2.36. The molecule has 0 fully saturated rings. The lowest BCUT2D eigenvalue weighted by Gasteiger charge is -2.26. The maximum Gasteiger partial charge on any atom is 0.0542 e. The molecule has 0 saturated heterocycles. The van der Waals surface area contributed by atoms with Crippen molar-refractivity contribution in [1.82, 2.24) is 9.13 Å². The van der Waals surface area contributed by atoms with Crippen molar-refractivity contribution >= 4 is 89.9 Å². The van der Waals surface area contributed by atoms with E-state index in [9.17, 15) is 0 Å². The number of fused-ring (bicyclic) bond motifs is 6. The molecule has 0 atom stereocenters. The summed E-state index contributed by atoms with van der Waals surface area (Å²) in [6.45, 7) is 4.00. The zero-order valence-electron chi connectivity index (χ0n) is 38.2. The SMILES string of the molecule is C(=C\c1ccc(N(c2ccccc2)c2ccc3c(c2)c2ccccc2n3-c2ccccc2)cc1)/c1ccc(N(c2ccccc2)c2ccc3c(c2)c2ccccc2n3-c2ccccc2)cc1.CC. The smallest absolute Gasteiger partial charge is 0.0542 e. The van der Waals surface area contributed by atoms with Crippen LogP contribution in [0.3, 0.4) is 0 Å². The molecule has 0 amide bonds. The number of hydrogen-bond acceptors (Lipinski definition) is 2. The van der Waals surface area contributed by atoms with Gasteiger partial charge in [-0.2, -0.15) is 0 Å². The Hall–Kier alpha value is -8.86. The van der Waals surface area contributed by atoms with Gasteiger partial charge < -0.3 is 18.9 Å². The summed E-state index contributed by atoms with van der Waals surface area (Å²) in [6.07, 6.45) is 4.39. The Morgan fingerprint density at radius 1 is 0.265 bits per heavy atom. The summed E-state index contributed by atoms with van der Waals surface area (Å²) in [4.78, 5) is 4.69. The van der Waals surface area contributed by atoms with Crippen LogP contribution >= 0.6 is 0 Å². The van der Waals surface area contributed by atoms with Crippen LogP contribution in [0.1, 0.15) is 25.0 Å². The molecule has 12 aromatic rings. The van der Waals surface area contributed by atoms with E-state index in [-0.39, 0.29) is 0 Å². The number of anilines is 6. The fourth-order valence-corrected chi connectivity index (χ4v) is 9.62. The fourth-order valence-electron chi connectivity index (χ4n) is 9.62. The Labute approximate surface area is 398 Å². The van der Waals surface area contributed by atoms with Crippen molar-refractivity contribution in [2.24, 2.45) is 0 Å². The van der Waals surface area contributed by atoms with Crippen LogP contribution in [0.4, 0.5) is 34.1 Å². The van der Waals surface area contributed by atoms with Crippen LogP contribution in [0.2, 0.25) is 0 Å². The zero-order chi connectivity index (χ0) is 45.8. The van der Waals surface area contributed by atoms with Crippen molar-refractivity contribution in [2.75, 3.05) is 9.80 Å². The number of aromatic nitrogens is 2. The predicted octanol–water partition coefficient (Wildman–Crippen LogP) is 18.0. The third-order valence-electron chi connectivity index (χ3n) is 12.7. The van der Waals surface area contributed by atoms with E-state index in [1.54, 1.807) is 0 Å². The first kappa shape index (κ1) is 41.8. The lowest BCUT2D eigenvalue weighted by molar-refractivity contribution is 1.18. The summed E-state index contributed by atoms with van der Waals surface area (Å²) in [6, 6.07) is 91.3. The molecule has 326 valence electrons. The van der Waals surface area contributed by atoms with Crippen LogP contribution < -0.4 is 9.80 Å². The Kier molecular flexibility index (Phi) is 11.4. The number of para-hydroxylation sites is 6. The van der Waals surface area contributed by atoms with Gasteiger partial charge in [0.2, 0.25) is 0 Å². The largest absolute Gasteiger partial charge is 0.310 e. The molecule has 2 aromatic heterocycles. The van der Waals surface area contributed by atoms with E-state index in [1.165, 1.54) is 43.6 Å². The van der Waals surface area contributed by atoms with Gasteiger partial charge in [-0.1, -0.05) is 159 Å². The highest BCUT2D eigenvalue weighted by Crippen LogP contribution is 2.42. The molecular formula is C64H50N4. The molecule has 0 N–H and O–H groups in total. The minimum absolute atomic E-state index is 1.10. The van der Waals surface area contributed by atoms with Gasteiger partial charge in [0.05, 0.1) is 22.1 Å². The summed E-state index contributed by atoms with van der Waals surface area (Å²) in [5.74, 6) is 0. The van der Waals surface area contributed by atoms with Crippen molar-refractivity contribution in [2.45, 2.75) is 13.8 Å². The molecule has 68 heavy (non-hydrogen) atoms. The topological polar surface area (TPSA) is 16.3 Å². The average Bonchev–Trinajstić information content (AvgIpc) is 3.93. The summed E-state index contributed by atoms with van der Waals surface area (Å²) in [7, 11) is 0. The summed E-state index contributed by atoms with van der Waals surface area (Å²) in [5.41, 5.74) is 16.0. The van der Waals surface area contributed by atoms with Gasteiger partial charge in [-0.05, 0) is 132 Å². The first-order chi connectivity index (χ1) is 33.7. The molecule has 0 aliphatic heterocycles. The van der Waals surface area contributed by atoms with Gasteiger partial charge in [0.1, 0.15) is 0 Å². The fraction of sp³-hybridized carbons (Fsp3) is 0.0312. The second-order valence-electron chi connectivity index (χ2n) is 16.6. The molecule has 10 aromatic carbocycles. The molecular weight excluding hydrogens is 825 g/mol. The van der Waals surface area contributed by atoms with E-state index in [1.807, 2.05) is 13.8 Å². The Morgan fingerprint density at radius 3 is 0.941 bits per heavy atom. The summed E-state index contributed by atoms with van der Waals surface area (Å²) >= 11 is 0. The Morgan fingerprint density at radius 2 is 0.559 bits per heavy atom. The van der Waals surface area contributed by atoms with Crippen molar-refractivity contribution in [3.05, 3.63) is 266 Å². The number of rotatable bonds is 10. The number of hydrogen-bond donors (Lipinski definition) is 0. The van der Waals surface area contributed by atoms with Crippen LogP contribution in [0, 0.1) is 0 Å². The standard InChI is InChI=1S/C62H44N4.C2H6/c1-5-17-47(18-6-1)63(53-39-41-61-57(43-53)55-25-13-15-27-59(55)65(61)49-21-9-3-10-22-49)51-35-31-45(32-36-51)29-30-46-33-37-52(38-34-46)64(48-19-7-2-8-20-48)54-40-42-62-58(44-54)56-26-14-16-28-60(56)66(62)50-23-11-4-12-24-50;1-2/h1-44H;1-2H3/b30-29+;. The molecule has 0 bridgehead atoms. The number of benzene rings is 10. The van der Waals surface area contributed by atoms with Crippen molar-refractivity contribution in [3.63, 3.8) is 0 Å². The lowest BCUT2D eigenvalue weighted by Crippen LogP contribution is -2.09. The monoisotopic (exact) mass is 874 g/mol. The Bertz CT molecular complexity index is 3420. The van der Waals surface area contributed by atoms with Crippen LogP contribution in [0.25, 0.3) is 67.1 Å². The van der Waals surface area contributed by atoms with Crippen LogP contribution in [0.15, 0.2) is 255 Å². The molecule has 0 aliphatic carbocycles. The van der Waals surface area contributed by atoms with Crippen molar-refractivity contribution in [3.8, 4) is 11.4 Å². The molecule has 0 unspecified atom stereocenters. The number of nitrogens with zero attached hydrogens (tertiary/aromatic N) is 4. The minimum atomic E-state index is 1.10. The van der Waals surface area contributed by atoms with Crippen molar-refractivity contribution < 1.29 is 0 Å². The minimum Gasteiger partial charge on any atom is -0.310 e. The molecule has 0 radical (unpaired) electrons. The van der Waals surface area contributed by atoms with E-state index in [0.29, 0.717) is 0 Å². The molecule has 0 aliphatic rings. The molecule has 0 spiro atoms. The van der Waals surface area contributed by atoms with Gasteiger partial charge in [-0.15, -0.1) is 0 Å². The van der Waals surface area contributed by atoms with Gasteiger partial charge in [-0.3, -0.25) is 0 Å². The molecule has 4 nitrogen and oxygen atoms in total. The normalized spacial score (nSPS) is 11.3. The van der Waals surface area contributed by atoms with Gasteiger partial charge in [0.25, 0.3) is 0 Å². The van der Waals surface area contributed by atoms with E-state index < -0.39 is 0 Å². The Balaban J connectivity index is 0.00000250. The van der Waals surface area contributed by atoms with Gasteiger partial charge in [-0.25, -0.2) is 0 Å². The summed E-state index contributed by atoms with van der Waals surface area (Å²) in [5, 5.41) is 4.91. The highest BCUT2D eigenvalue weighted by atomic mass is 15.1. The highest BCUT2D eigenvalue weighted by molar-refractivity contribution is 6.12. The third-order valence-corrected chi connectivity index (χ3v) is 12.7.